The highest BCUT2D eigenvalue weighted by atomic mass is 19.1. The molecule has 0 aliphatic heterocycles. The third-order valence-corrected chi connectivity index (χ3v) is 4.00. The summed E-state index contributed by atoms with van der Waals surface area (Å²) in [5.74, 6) is 0.470. The molecular formula is C18H21FO2. The Morgan fingerprint density at radius 3 is 2.24 bits per heavy atom. The van der Waals surface area contributed by atoms with Gasteiger partial charge in [0, 0.05) is 0 Å². The summed E-state index contributed by atoms with van der Waals surface area (Å²) in [4.78, 5) is 0. The summed E-state index contributed by atoms with van der Waals surface area (Å²) < 4.78 is 19.1. The maximum absolute atomic E-state index is 13.8. The zero-order chi connectivity index (χ0) is 15.8. The second-order valence-electron chi connectivity index (χ2n) is 5.67. The highest BCUT2D eigenvalue weighted by Gasteiger charge is 2.28. The molecule has 21 heavy (non-hydrogen) atoms. The van der Waals surface area contributed by atoms with Gasteiger partial charge in [-0.1, -0.05) is 12.1 Å². The molecule has 0 saturated carbocycles. The van der Waals surface area contributed by atoms with Gasteiger partial charge in [0.15, 0.2) is 0 Å². The molecule has 2 aromatic carbocycles. The first-order valence-corrected chi connectivity index (χ1v) is 6.92. The lowest BCUT2D eigenvalue weighted by Gasteiger charge is -2.27. The Morgan fingerprint density at radius 1 is 1.00 bits per heavy atom. The van der Waals surface area contributed by atoms with E-state index in [0.717, 1.165) is 22.4 Å². The maximum Gasteiger partial charge on any atom is 0.126 e. The first-order valence-electron chi connectivity index (χ1n) is 6.92. The molecule has 0 aliphatic carbocycles. The van der Waals surface area contributed by atoms with Gasteiger partial charge < -0.3 is 9.84 Å². The Labute approximate surface area is 125 Å². The van der Waals surface area contributed by atoms with Crippen molar-refractivity contribution in [3.8, 4) is 5.75 Å². The van der Waals surface area contributed by atoms with Gasteiger partial charge in [-0.05, 0) is 73.7 Å². The highest BCUT2D eigenvalue weighted by Crippen LogP contribution is 2.35. The molecule has 0 aliphatic rings. The molecule has 112 valence electrons. The van der Waals surface area contributed by atoms with Crippen LogP contribution >= 0.6 is 0 Å². The molecule has 0 fully saturated rings. The molecule has 0 amide bonds. The molecule has 0 bridgehead atoms. The van der Waals surface area contributed by atoms with Gasteiger partial charge >= 0.3 is 0 Å². The fraction of sp³-hybridized carbons (Fsp3) is 0.333. The number of methoxy groups -OCH3 is 1. The summed E-state index contributed by atoms with van der Waals surface area (Å²) in [6.07, 6.45) is 0. The number of hydrogen-bond acceptors (Lipinski definition) is 2. The van der Waals surface area contributed by atoms with Gasteiger partial charge in [-0.3, -0.25) is 0 Å². The number of benzene rings is 2. The van der Waals surface area contributed by atoms with Crippen molar-refractivity contribution in [3.63, 3.8) is 0 Å². The van der Waals surface area contributed by atoms with E-state index in [-0.39, 0.29) is 5.82 Å². The van der Waals surface area contributed by atoms with Gasteiger partial charge in [0.2, 0.25) is 0 Å². The van der Waals surface area contributed by atoms with Crippen molar-refractivity contribution in [1.29, 1.82) is 0 Å². The molecule has 2 nitrogen and oxygen atoms in total. The van der Waals surface area contributed by atoms with E-state index in [1.165, 1.54) is 6.07 Å². The van der Waals surface area contributed by atoms with Crippen LogP contribution in [0.2, 0.25) is 0 Å². The average molecular weight is 288 g/mol. The van der Waals surface area contributed by atoms with Crippen LogP contribution in [0.25, 0.3) is 0 Å². The summed E-state index contributed by atoms with van der Waals surface area (Å²) in [7, 11) is 1.62. The van der Waals surface area contributed by atoms with Crippen LogP contribution in [0.5, 0.6) is 5.75 Å². The van der Waals surface area contributed by atoms with Crippen LogP contribution in [-0.2, 0) is 5.60 Å². The van der Waals surface area contributed by atoms with E-state index in [9.17, 15) is 9.50 Å². The van der Waals surface area contributed by atoms with E-state index in [2.05, 4.69) is 0 Å². The Kier molecular flexibility index (Phi) is 4.06. The molecule has 0 saturated heterocycles. The van der Waals surface area contributed by atoms with E-state index in [1.54, 1.807) is 33.1 Å². The highest BCUT2D eigenvalue weighted by molar-refractivity contribution is 5.47. The zero-order valence-electron chi connectivity index (χ0n) is 13.1. The van der Waals surface area contributed by atoms with Crippen LogP contribution in [0, 0.1) is 26.6 Å². The lowest BCUT2D eigenvalue weighted by molar-refractivity contribution is 0.101. The molecule has 0 spiro atoms. The number of rotatable bonds is 3. The van der Waals surface area contributed by atoms with Gasteiger partial charge in [0.25, 0.3) is 0 Å². The summed E-state index contributed by atoms with van der Waals surface area (Å²) in [6.45, 7) is 7.23. The van der Waals surface area contributed by atoms with Crippen molar-refractivity contribution >= 4 is 0 Å². The third kappa shape index (κ3) is 2.79. The van der Waals surface area contributed by atoms with Gasteiger partial charge in [-0.2, -0.15) is 0 Å². The fourth-order valence-corrected chi connectivity index (χ4v) is 2.59. The lowest BCUT2D eigenvalue weighted by Crippen LogP contribution is -2.24. The van der Waals surface area contributed by atoms with Crippen molar-refractivity contribution in [1.82, 2.24) is 0 Å². The zero-order valence-corrected chi connectivity index (χ0v) is 13.1. The van der Waals surface area contributed by atoms with E-state index >= 15 is 0 Å². The summed E-state index contributed by atoms with van der Waals surface area (Å²) >= 11 is 0. The van der Waals surface area contributed by atoms with Crippen LogP contribution in [0.15, 0.2) is 30.3 Å². The van der Waals surface area contributed by atoms with Crippen LogP contribution in [0.3, 0.4) is 0 Å². The number of aryl methyl sites for hydroxylation is 3. The Bertz CT molecular complexity index is 675. The van der Waals surface area contributed by atoms with Crippen LogP contribution < -0.4 is 4.74 Å². The van der Waals surface area contributed by atoms with Crippen LogP contribution in [0.4, 0.5) is 4.39 Å². The molecule has 0 radical (unpaired) electrons. The van der Waals surface area contributed by atoms with Crippen LogP contribution in [-0.4, -0.2) is 12.2 Å². The predicted octanol–water partition coefficient (Wildman–Crippen LogP) is 4.02. The van der Waals surface area contributed by atoms with Crippen molar-refractivity contribution in [3.05, 3.63) is 64.0 Å². The topological polar surface area (TPSA) is 29.5 Å². The average Bonchev–Trinajstić information content (AvgIpc) is 2.43. The molecule has 2 aromatic rings. The lowest BCUT2D eigenvalue weighted by atomic mass is 9.84. The largest absolute Gasteiger partial charge is 0.496 e. The summed E-state index contributed by atoms with van der Waals surface area (Å²) in [6, 6.07) is 8.63. The molecule has 1 unspecified atom stereocenters. The van der Waals surface area contributed by atoms with Crippen molar-refractivity contribution < 1.29 is 14.2 Å². The first kappa shape index (κ1) is 15.5. The summed E-state index contributed by atoms with van der Waals surface area (Å²) in [5, 5.41) is 10.9. The minimum atomic E-state index is -1.25. The molecule has 2 rings (SSSR count). The van der Waals surface area contributed by atoms with Crippen LogP contribution in [0.1, 0.15) is 34.7 Å². The van der Waals surface area contributed by atoms with Gasteiger partial charge in [0.05, 0.1) is 7.11 Å². The molecule has 0 aromatic heterocycles. The normalized spacial score (nSPS) is 13.9. The molecule has 1 N–H and O–H groups in total. The fourth-order valence-electron chi connectivity index (χ4n) is 2.59. The number of hydrogen-bond donors (Lipinski definition) is 1. The van der Waals surface area contributed by atoms with Crippen molar-refractivity contribution in [2.45, 2.75) is 33.3 Å². The Morgan fingerprint density at radius 2 is 1.67 bits per heavy atom. The SMILES string of the molecule is COc1cc(C)c(C(C)(O)c2ccc(C)c(F)c2)cc1C. The van der Waals surface area contributed by atoms with Crippen molar-refractivity contribution in [2.75, 3.05) is 7.11 Å². The molecular weight excluding hydrogens is 267 g/mol. The second kappa shape index (κ2) is 5.49. The quantitative estimate of drug-likeness (QED) is 0.924. The van der Waals surface area contributed by atoms with Crippen molar-refractivity contribution in [2.24, 2.45) is 0 Å². The van der Waals surface area contributed by atoms with Gasteiger partial charge in [0.1, 0.15) is 17.2 Å². The Hall–Kier alpha value is -1.87. The molecule has 3 heteroatoms. The first-order chi connectivity index (χ1) is 9.77. The minimum absolute atomic E-state index is 0.310. The smallest absolute Gasteiger partial charge is 0.126 e. The summed E-state index contributed by atoms with van der Waals surface area (Å²) in [5.41, 5.74) is 2.45. The van der Waals surface area contributed by atoms with E-state index < -0.39 is 5.60 Å². The predicted molar refractivity (Wildman–Crippen MR) is 82.3 cm³/mol. The number of ether oxygens (including phenoxy) is 1. The van der Waals surface area contributed by atoms with Gasteiger partial charge in [-0.15, -0.1) is 0 Å². The maximum atomic E-state index is 13.8. The number of aliphatic hydroxyl groups is 1. The van der Waals surface area contributed by atoms with E-state index in [4.69, 9.17) is 4.74 Å². The van der Waals surface area contributed by atoms with Gasteiger partial charge in [-0.25, -0.2) is 4.39 Å². The molecule has 0 heterocycles. The standard InChI is InChI=1S/C18H21FO2/c1-11-6-7-14(10-16(11)19)18(4,20)15-8-13(3)17(21-5)9-12(15)2/h6-10,20H,1-5H3. The van der Waals surface area contributed by atoms with E-state index in [0.29, 0.717) is 11.1 Å². The second-order valence-corrected chi connectivity index (χ2v) is 5.67. The Balaban J connectivity index is 2.57. The molecule has 1 atom stereocenters. The third-order valence-electron chi connectivity index (χ3n) is 4.00. The number of halogens is 1. The minimum Gasteiger partial charge on any atom is -0.496 e. The monoisotopic (exact) mass is 288 g/mol. The van der Waals surface area contributed by atoms with E-state index in [1.807, 2.05) is 26.0 Å².